The number of carbonyl (C=O) groups is 1. The maximum atomic E-state index is 12.5. The van der Waals surface area contributed by atoms with E-state index >= 15 is 0 Å². The van der Waals surface area contributed by atoms with Crippen LogP contribution in [0.3, 0.4) is 0 Å². The summed E-state index contributed by atoms with van der Waals surface area (Å²) in [4.78, 5) is 12.5. The van der Waals surface area contributed by atoms with Crippen LogP contribution in [-0.4, -0.2) is 18.1 Å². The standard InChI is InChI=1S/C16H22N2O2/c1-16(8-3-9-20-16)15(19)18-14-5-2-4-11-10-12(17)6-7-13(11)14/h6-7,10,14H,2-5,8-9,17H2,1H3,(H,18,19). The van der Waals surface area contributed by atoms with E-state index in [1.54, 1.807) is 0 Å². The van der Waals surface area contributed by atoms with Crippen LogP contribution in [0.4, 0.5) is 5.69 Å². The van der Waals surface area contributed by atoms with Gasteiger partial charge >= 0.3 is 0 Å². The van der Waals surface area contributed by atoms with Crippen molar-refractivity contribution >= 4 is 11.6 Å². The first-order valence-corrected chi connectivity index (χ1v) is 7.42. The number of nitrogens with two attached hydrogens (primary N) is 1. The number of rotatable bonds is 2. The maximum Gasteiger partial charge on any atom is 0.252 e. The Labute approximate surface area is 119 Å². The van der Waals surface area contributed by atoms with Gasteiger partial charge in [-0.05, 0) is 62.3 Å². The SMILES string of the molecule is CC1(C(=O)NC2CCCc3cc(N)ccc32)CCCO1. The van der Waals surface area contributed by atoms with Gasteiger partial charge in [-0.15, -0.1) is 0 Å². The van der Waals surface area contributed by atoms with E-state index in [0.29, 0.717) is 6.61 Å². The number of hydrogen-bond acceptors (Lipinski definition) is 3. The predicted molar refractivity (Wildman–Crippen MR) is 78.3 cm³/mol. The van der Waals surface area contributed by atoms with Crippen molar-refractivity contribution in [1.29, 1.82) is 0 Å². The Bertz CT molecular complexity index is 521. The molecule has 1 aromatic carbocycles. The van der Waals surface area contributed by atoms with Gasteiger partial charge in [0.05, 0.1) is 6.04 Å². The molecule has 3 rings (SSSR count). The molecule has 2 aliphatic rings. The van der Waals surface area contributed by atoms with E-state index in [-0.39, 0.29) is 11.9 Å². The molecule has 4 nitrogen and oxygen atoms in total. The van der Waals surface area contributed by atoms with Crippen LogP contribution in [0.2, 0.25) is 0 Å². The summed E-state index contributed by atoms with van der Waals surface area (Å²) >= 11 is 0. The zero-order valence-corrected chi connectivity index (χ0v) is 11.9. The molecule has 1 amide bonds. The molecule has 2 atom stereocenters. The summed E-state index contributed by atoms with van der Waals surface area (Å²) in [6.45, 7) is 2.57. The highest BCUT2D eigenvalue weighted by molar-refractivity contribution is 5.85. The molecule has 0 spiro atoms. The van der Waals surface area contributed by atoms with Crippen LogP contribution >= 0.6 is 0 Å². The summed E-state index contributed by atoms with van der Waals surface area (Å²) in [5.41, 5.74) is 8.46. The Balaban J connectivity index is 1.78. The smallest absolute Gasteiger partial charge is 0.252 e. The Morgan fingerprint density at radius 2 is 2.30 bits per heavy atom. The number of hydrogen-bond donors (Lipinski definition) is 2. The number of benzene rings is 1. The van der Waals surface area contributed by atoms with Crippen LogP contribution in [0.25, 0.3) is 0 Å². The first kappa shape index (κ1) is 13.4. The Morgan fingerprint density at radius 1 is 1.45 bits per heavy atom. The minimum Gasteiger partial charge on any atom is -0.399 e. The summed E-state index contributed by atoms with van der Waals surface area (Å²) in [5, 5.41) is 3.17. The third-order valence-corrected chi connectivity index (χ3v) is 4.49. The van der Waals surface area contributed by atoms with Crippen molar-refractivity contribution in [3.63, 3.8) is 0 Å². The van der Waals surface area contributed by atoms with Crippen LogP contribution < -0.4 is 11.1 Å². The molecule has 108 valence electrons. The van der Waals surface area contributed by atoms with Crippen molar-refractivity contribution in [2.75, 3.05) is 12.3 Å². The fourth-order valence-electron chi connectivity index (χ4n) is 3.25. The molecule has 1 saturated heterocycles. The van der Waals surface area contributed by atoms with Gasteiger partial charge in [0, 0.05) is 12.3 Å². The fourth-order valence-corrected chi connectivity index (χ4v) is 3.25. The fraction of sp³-hybridized carbons (Fsp3) is 0.562. The number of anilines is 1. The van der Waals surface area contributed by atoms with Crippen molar-refractivity contribution in [1.82, 2.24) is 5.32 Å². The molecule has 2 unspecified atom stereocenters. The molecule has 1 heterocycles. The minimum absolute atomic E-state index is 0.0182. The van der Waals surface area contributed by atoms with Crippen molar-refractivity contribution < 1.29 is 9.53 Å². The van der Waals surface area contributed by atoms with Gasteiger partial charge in [0.2, 0.25) is 0 Å². The maximum absolute atomic E-state index is 12.5. The van der Waals surface area contributed by atoms with E-state index in [1.807, 2.05) is 25.1 Å². The van der Waals surface area contributed by atoms with E-state index in [9.17, 15) is 4.79 Å². The molecule has 1 aromatic rings. The molecule has 0 bridgehead atoms. The largest absolute Gasteiger partial charge is 0.399 e. The number of fused-ring (bicyclic) bond motifs is 1. The lowest BCUT2D eigenvalue weighted by atomic mass is 9.86. The number of amides is 1. The summed E-state index contributed by atoms with van der Waals surface area (Å²) in [6, 6.07) is 6.08. The normalized spacial score (nSPS) is 28.9. The molecule has 0 aromatic heterocycles. The second-order valence-electron chi connectivity index (χ2n) is 6.06. The Morgan fingerprint density at radius 3 is 3.05 bits per heavy atom. The summed E-state index contributed by atoms with van der Waals surface area (Å²) < 4.78 is 5.62. The highest BCUT2D eigenvalue weighted by Crippen LogP contribution is 2.32. The van der Waals surface area contributed by atoms with Crippen molar-refractivity contribution in [3.8, 4) is 0 Å². The molecule has 1 aliphatic heterocycles. The molecule has 1 aliphatic carbocycles. The predicted octanol–water partition coefficient (Wildman–Crippen LogP) is 2.33. The van der Waals surface area contributed by atoms with E-state index < -0.39 is 5.60 Å². The summed E-state index contributed by atoms with van der Waals surface area (Å²) in [5.74, 6) is 0.0182. The van der Waals surface area contributed by atoms with Gasteiger partial charge in [0.1, 0.15) is 5.60 Å². The number of nitrogens with one attached hydrogen (secondary N) is 1. The highest BCUT2D eigenvalue weighted by Gasteiger charge is 2.39. The van der Waals surface area contributed by atoms with Crippen molar-refractivity contribution in [2.45, 2.75) is 50.7 Å². The molecule has 1 fully saturated rings. The van der Waals surface area contributed by atoms with Crippen LogP contribution in [0.5, 0.6) is 0 Å². The van der Waals surface area contributed by atoms with E-state index in [0.717, 1.165) is 37.8 Å². The first-order chi connectivity index (χ1) is 9.58. The summed E-state index contributed by atoms with van der Waals surface area (Å²) in [6.07, 6.45) is 4.88. The Hall–Kier alpha value is -1.55. The van der Waals surface area contributed by atoms with Gasteiger partial charge < -0.3 is 15.8 Å². The van der Waals surface area contributed by atoms with Gasteiger partial charge in [0.15, 0.2) is 0 Å². The second kappa shape index (κ2) is 5.09. The molecule has 3 N–H and O–H groups in total. The topological polar surface area (TPSA) is 64.4 Å². The molecular weight excluding hydrogens is 252 g/mol. The van der Waals surface area contributed by atoms with Crippen molar-refractivity contribution in [2.24, 2.45) is 0 Å². The summed E-state index contributed by atoms with van der Waals surface area (Å²) in [7, 11) is 0. The monoisotopic (exact) mass is 274 g/mol. The van der Waals surface area contributed by atoms with Gasteiger partial charge in [-0.2, -0.15) is 0 Å². The molecule has 20 heavy (non-hydrogen) atoms. The number of carbonyl (C=O) groups excluding carboxylic acids is 1. The average molecular weight is 274 g/mol. The minimum atomic E-state index is -0.647. The van der Waals surface area contributed by atoms with Gasteiger partial charge in [0.25, 0.3) is 5.91 Å². The van der Waals surface area contributed by atoms with E-state index in [4.69, 9.17) is 10.5 Å². The van der Waals surface area contributed by atoms with Gasteiger partial charge in [-0.25, -0.2) is 0 Å². The number of ether oxygens (including phenoxy) is 1. The third-order valence-electron chi connectivity index (χ3n) is 4.49. The van der Waals surface area contributed by atoms with E-state index in [2.05, 4.69) is 5.32 Å². The quantitative estimate of drug-likeness (QED) is 0.814. The number of aryl methyl sites for hydroxylation is 1. The van der Waals surface area contributed by atoms with Crippen molar-refractivity contribution in [3.05, 3.63) is 29.3 Å². The van der Waals surface area contributed by atoms with Gasteiger partial charge in [-0.1, -0.05) is 6.07 Å². The molecular formula is C16H22N2O2. The van der Waals surface area contributed by atoms with Crippen LogP contribution in [0.1, 0.15) is 49.8 Å². The lowest BCUT2D eigenvalue weighted by molar-refractivity contribution is -0.140. The molecule has 0 radical (unpaired) electrons. The lowest BCUT2D eigenvalue weighted by Gasteiger charge is -2.30. The molecule has 0 saturated carbocycles. The zero-order valence-electron chi connectivity index (χ0n) is 11.9. The lowest BCUT2D eigenvalue weighted by Crippen LogP contribution is -2.45. The Kier molecular flexibility index (Phi) is 3.42. The van der Waals surface area contributed by atoms with Crippen LogP contribution in [0, 0.1) is 0 Å². The van der Waals surface area contributed by atoms with Crippen LogP contribution in [0.15, 0.2) is 18.2 Å². The van der Waals surface area contributed by atoms with Crippen LogP contribution in [-0.2, 0) is 16.0 Å². The highest BCUT2D eigenvalue weighted by atomic mass is 16.5. The average Bonchev–Trinajstić information content (AvgIpc) is 2.87. The number of nitrogen functional groups attached to an aromatic ring is 1. The second-order valence-corrected chi connectivity index (χ2v) is 6.06. The van der Waals surface area contributed by atoms with Gasteiger partial charge in [-0.3, -0.25) is 4.79 Å². The van der Waals surface area contributed by atoms with E-state index in [1.165, 1.54) is 11.1 Å². The third kappa shape index (κ3) is 2.40. The zero-order chi connectivity index (χ0) is 14.2. The molecule has 4 heteroatoms. The first-order valence-electron chi connectivity index (χ1n) is 7.42.